The molecule has 0 fully saturated rings. The predicted octanol–water partition coefficient (Wildman–Crippen LogP) is 2.64. The number of aryl methyl sites for hydroxylation is 1. The largest absolute Gasteiger partial charge is 0.416 e. The zero-order chi connectivity index (χ0) is 15.6. The number of hydrogen-bond donors (Lipinski definition) is 2. The number of nitrogen functional groups attached to an aromatic ring is 1. The topological polar surface area (TPSA) is 80.9 Å². The van der Waals surface area contributed by atoms with Gasteiger partial charge in [-0.3, -0.25) is 9.78 Å². The Morgan fingerprint density at radius 3 is 2.62 bits per heavy atom. The third-order valence-corrected chi connectivity index (χ3v) is 2.70. The summed E-state index contributed by atoms with van der Waals surface area (Å²) >= 11 is 0. The van der Waals surface area contributed by atoms with E-state index in [0.717, 1.165) is 12.1 Å². The Hall–Kier alpha value is -2.64. The highest BCUT2D eigenvalue weighted by molar-refractivity contribution is 6.03. The lowest BCUT2D eigenvalue weighted by Gasteiger charge is -2.12. The van der Waals surface area contributed by atoms with Crippen molar-refractivity contribution in [2.24, 2.45) is 0 Å². The van der Waals surface area contributed by atoms with E-state index >= 15 is 0 Å². The zero-order valence-corrected chi connectivity index (χ0v) is 10.9. The molecule has 0 saturated carbocycles. The maximum absolute atomic E-state index is 12.7. The Morgan fingerprint density at radius 2 is 2.00 bits per heavy atom. The van der Waals surface area contributed by atoms with Crippen LogP contribution >= 0.6 is 0 Å². The molecule has 1 aromatic carbocycles. The molecule has 0 bridgehead atoms. The summed E-state index contributed by atoms with van der Waals surface area (Å²) in [7, 11) is 0. The lowest BCUT2D eigenvalue weighted by atomic mass is 10.1. The lowest BCUT2D eigenvalue weighted by Crippen LogP contribution is -2.16. The van der Waals surface area contributed by atoms with Crippen molar-refractivity contribution in [2.75, 3.05) is 11.1 Å². The molecule has 0 aliphatic rings. The molecule has 2 aromatic rings. The number of aromatic nitrogens is 2. The minimum atomic E-state index is -4.48. The second-order valence-electron chi connectivity index (χ2n) is 4.31. The van der Waals surface area contributed by atoms with Crippen LogP contribution in [0.15, 0.2) is 30.6 Å². The second-order valence-corrected chi connectivity index (χ2v) is 4.31. The van der Waals surface area contributed by atoms with Crippen LogP contribution in [-0.2, 0) is 6.18 Å². The number of alkyl halides is 3. The molecule has 1 amide bonds. The van der Waals surface area contributed by atoms with E-state index in [2.05, 4.69) is 15.3 Å². The summed E-state index contributed by atoms with van der Waals surface area (Å²) in [6.07, 6.45) is -2.05. The SMILES string of the molecule is Cc1ccc(C(F)(F)F)cc1NC(=O)c1cncc(N)n1. The van der Waals surface area contributed by atoms with Gasteiger partial charge in [0.1, 0.15) is 11.5 Å². The molecule has 0 aliphatic carbocycles. The summed E-state index contributed by atoms with van der Waals surface area (Å²) < 4.78 is 38.0. The molecule has 0 saturated heterocycles. The molecule has 0 radical (unpaired) electrons. The average Bonchev–Trinajstić information content (AvgIpc) is 2.40. The summed E-state index contributed by atoms with van der Waals surface area (Å²) in [4.78, 5) is 19.4. The van der Waals surface area contributed by atoms with Crippen molar-refractivity contribution in [3.05, 3.63) is 47.4 Å². The van der Waals surface area contributed by atoms with Crippen molar-refractivity contribution in [1.29, 1.82) is 0 Å². The van der Waals surface area contributed by atoms with E-state index in [1.54, 1.807) is 6.92 Å². The second kappa shape index (κ2) is 5.39. The van der Waals surface area contributed by atoms with Crippen LogP contribution < -0.4 is 11.1 Å². The minimum Gasteiger partial charge on any atom is -0.382 e. The van der Waals surface area contributed by atoms with E-state index in [9.17, 15) is 18.0 Å². The van der Waals surface area contributed by atoms with Gasteiger partial charge in [-0.15, -0.1) is 0 Å². The highest BCUT2D eigenvalue weighted by atomic mass is 19.4. The van der Waals surface area contributed by atoms with Crippen LogP contribution in [0.4, 0.5) is 24.7 Å². The van der Waals surface area contributed by atoms with Gasteiger partial charge in [0.2, 0.25) is 0 Å². The first-order valence-corrected chi connectivity index (χ1v) is 5.84. The Labute approximate surface area is 118 Å². The summed E-state index contributed by atoms with van der Waals surface area (Å²) in [5.41, 5.74) is 5.02. The van der Waals surface area contributed by atoms with Gasteiger partial charge in [-0.1, -0.05) is 6.07 Å². The number of nitrogens with one attached hydrogen (secondary N) is 1. The van der Waals surface area contributed by atoms with Crippen LogP contribution in [0.25, 0.3) is 0 Å². The van der Waals surface area contributed by atoms with Crippen LogP contribution in [0, 0.1) is 6.92 Å². The molecule has 2 rings (SSSR count). The Kier molecular flexibility index (Phi) is 3.79. The smallest absolute Gasteiger partial charge is 0.382 e. The quantitative estimate of drug-likeness (QED) is 0.892. The van der Waals surface area contributed by atoms with Gasteiger partial charge in [0.05, 0.1) is 18.0 Å². The molecule has 1 aromatic heterocycles. The van der Waals surface area contributed by atoms with Gasteiger partial charge in [0, 0.05) is 5.69 Å². The maximum Gasteiger partial charge on any atom is 0.416 e. The van der Waals surface area contributed by atoms with E-state index in [0.29, 0.717) is 5.56 Å². The Morgan fingerprint density at radius 1 is 1.29 bits per heavy atom. The molecule has 5 nitrogen and oxygen atoms in total. The van der Waals surface area contributed by atoms with Crippen molar-refractivity contribution in [3.8, 4) is 0 Å². The molecule has 1 heterocycles. The van der Waals surface area contributed by atoms with Gasteiger partial charge in [0.15, 0.2) is 0 Å². The molecule has 21 heavy (non-hydrogen) atoms. The number of carbonyl (C=O) groups is 1. The summed E-state index contributed by atoms with van der Waals surface area (Å²) in [5, 5.41) is 2.37. The first-order chi connectivity index (χ1) is 9.77. The summed E-state index contributed by atoms with van der Waals surface area (Å²) in [5.74, 6) is -0.638. The van der Waals surface area contributed by atoms with Gasteiger partial charge in [-0.05, 0) is 24.6 Å². The van der Waals surface area contributed by atoms with Gasteiger partial charge < -0.3 is 11.1 Å². The number of hydrogen-bond acceptors (Lipinski definition) is 4. The van der Waals surface area contributed by atoms with Gasteiger partial charge in [-0.25, -0.2) is 4.98 Å². The van der Waals surface area contributed by atoms with Crippen LogP contribution in [0.5, 0.6) is 0 Å². The fraction of sp³-hybridized carbons (Fsp3) is 0.154. The maximum atomic E-state index is 12.7. The molecular weight excluding hydrogens is 285 g/mol. The standard InChI is InChI=1S/C13H11F3N4O/c1-7-2-3-8(13(14,15)16)4-9(7)20-12(21)10-5-18-6-11(17)19-10/h2-6H,1H3,(H2,17,19)(H,20,21). The number of anilines is 2. The van der Waals surface area contributed by atoms with E-state index in [-0.39, 0.29) is 17.2 Å². The molecule has 110 valence electrons. The number of nitrogens with two attached hydrogens (primary N) is 1. The van der Waals surface area contributed by atoms with Gasteiger partial charge >= 0.3 is 6.18 Å². The highest BCUT2D eigenvalue weighted by Gasteiger charge is 2.31. The number of benzene rings is 1. The number of nitrogens with zero attached hydrogens (tertiary/aromatic N) is 2. The molecular formula is C13H11F3N4O. The van der Waals surface area contributed by atoms with Crippen molar-refractivity contribution < 1.29 is 18.0 Å². The lowest BCUT2D eigenvalue weighted by molar-refractivity contribution is -0.137. The third kappa shape index (κ3) is 3.47. The molecule has 3 N–H and O–H groups in total. The Bertz CT molecular complexity index is 685. The van der Waals surface area contributed by atoms with E-state index in [1.165, 1.54) is 18.5 Å². The normalized spacial score (nSPS) is 11.2. The average molecular weight is 296 g/mol. The van der Waals surface area contributed by atoms with Crippen molar-refractivity contribution >= 4 is 17.4 Å². The van der Waals surface area contributed by atoms with Crippen LogP contribution in [0.3, 0.4) is 0 Å². The van der Waals surface area contributed by atoms with Gasteiger partial charge in [0.25, 0.3) is 5.91 Å². The van der Waals surface area contributed by atoms with Crippen molar-refractivity contribution in [3.63, 3.8) is 0 Å². The number of rotatable bonds is 2. The fourth-order valence-electron chi connectivity index (χ4n) is 1.61. The zero-order valence-electron chi connectivity index (χ0n) is 10.9. The highest BCUT2D eigenvalue weighted by Crippen LogP contribution is 2.32. The van der Waals surface area contributed by atoms with Crippen LogP contribution in [0.2, 0.25) is 0 Å². The molecule has 0 atom stereocenters. The first kappa shape index (κ1) is 14.8. The van der Waals surface area contributed by atoms with Crippen molar-refractivity contribution in [2.45, 2.75) is 13.1 Å². The number of amides is 1. The molecule has 0 spiro atoms. The van der Waals surface area contributed by atoms with Crippen molar-refractivity contribution in [1.82, 2.24) is 9.97 Å². The van der Waals surface area contributed by atoms with Crippen LogP contribution in [0.1, 0.15) is 21.6 Å². The molecule has 0 aliphatic heterocycles. The van der Waals surface area contributed by atoms with E-state index in [1.807, 2.05) is 0 Å². The van der Waals surface area contributed by atoms with Gasteiger partial charge in [-0.2, -0.15) is 13.2 Å². The predicted molar refractivity (Wildman–Crippen MR) is 70.6 cm³/mol. The van der Waals surface area contributed by atoms with Crippen LogP contribution in [-0.4, -0.2) is 15.9 Å². The molecule has 8 heteroatoms. The number of halogens is 3. The fourth-order valence-corrected chi connectivity index (χ4v) is 1.61. The summed E-state index contributed by atoms with van der Waals surface area (Å²) in [6, 6.07) is 3.10. The first-order valence-electron chi connectivity index (χ1n) is 5.84. The number of carbonyl (C=O) groups excluding carboxylic acids is 1. The minimum absolute atomic E-state index is 0.0448. The Balaban J connectivity index is 2.29. The van der Waals surface area contributed by atoms with E-state index in [4.69, 9.17) is 5.73 Å². The monoisotopic (exact) mass is 296 g/mol. The molecule has 0 unspecified atom stereocenters. The van der Waals surface area contributed by atoms with E-state index < -0.39 is 17.6 Å². The summed E-state index contributed by atoms with van der Waals surface area (Å²) in [6.45, 7) is 1.58. The third-order valence-electron chi connectivity index (χ3n) is 2.70.